The van der Waals surface area contributed by atoms with Crippen molar-refractivity contribution in [2.75, 3.05) is 0 Å². The summed E-state index contributed by atoms with van der Waals surface area (Å²) in [5, 5.41) is 0. The van der Waals surface area contributed by atoms with Gasteiger partial charge in [0.1, 0.15) is 30.7 Å². The van der Waals surface area contributed by atoms with Gasteiger partial charge in [-0.15, -0.1) is 0 Å². The molecule has 0 heterocycles. The van der Waals surface area contributed by atoms with E-state index in [1.807, 2.05) is 0 Å². The van der Waals surface area contributed by atoms with Crippen LogP contribution < -0.4 is 0 Å². The van der Waals surface area contributed by atoms with Gasteiger partial charge in [0.05, 0.1) is 0 Å². The quantitative estimate of drug-likeness (QED) is 0.464. The molecular weight excluding hydrogens is 180 g/mol. The van der Waals surface area contributed by atoms with Gasteiger partial charge in [-0.2, -0.15) is 0 Å². The second-order valence-corrected chi connectivity index (χ2v) is 8.73. The zero-order valence-electron chi connectivity index (χ0n) is 7.10. The molecule has 0 aliphatic heterocycles. The van der Waals surface area contributed by atoms with Crippen LogP contribution in [0.25, 0.3) is 0 Å². The number of hydrogen-bond donors (Lipinski definition) is 0. The lowest BCUT2D eigenvalue weighted by Crippen LogP contribution is -2.02. The standard InChI is InChI=1S/C2H10OSi2.CH8OSi2/c1-5(2)3-4;1-4-2-3/h5H,1-2,4H3;4H2,1,3H3. The molecule has 0 spiro atoms. The van der Waals surface area contributed by atoms with Crippen LogP contribution in [0.3, 0.4) is 0 Å². The minimum atomic E-state index is -0.588. The Morgan fingerprint density at radius 3 is 1.56 bits per heavy atom. The van der Waals surface area contributed by atoms with Crippen LogP contribution in [0.15, 0.2) is 0 Å². The first-order chi connectivity index (χ1) is 4.18. The van der Waals surface area contributed by atoms with Crippen LogP contribution in [-0.2, 0) is 8.23 Å². The van der Waals surface area contributed by atoms with Crippen LogP contribution in [-0.4, -0.2) is 39.8 Å². The molecule has 6 heteroatoms. The van der Waals surface area contributed by atoms with Crippen molar-refractivity contribution < 1.29 is 8.23 Å². The van der Waals surface area contributed by atoms with E-state index in [-0.39, 0.29) is 9.76 Å². The molecule has 0 unspecified atom stereocenters. The predicted octanol–water partition coefficient (Wildman–Crippen LogP) is -2.32. The Hall–Kier alpha value is 0.788. The van der Waals surface area contributed by atoms with Gasteiger partial charge in [-0.05, 0) is 13.1 Å². The molecule has 0 N–H and O–H groups in total. The second-order valence-electron chi connectivity index (χ2n) is 1.86. The Balaban J connectivity index is 0. The molecule has 0 atom stereocenters. The molecule has 2 nitrogen and oxygen atoms in total. The van der Waals surface area contributed by atoms with Crippen molar-refractivity contribution in [1.29, 1.82) is 0 Å². The molecule has 0 saturated carbocycles. The average Bonchev–Trinajstić information content (AvgIpc) is 1.89. The molecule has 0 aliphatic rings. The van der Waals surface area contributed by atoms with E-state index in [0.29, 0.717) is 0 Å². The normalized spacial score (nSPS) is 10.7. The van der Waals surface area contributed by atoms with E-state index in [2.05, 4.69) is 19.6 Å². The summed E-state index contributed by atoms with van der Waals surface area (Å²) in [5.74, 6) is 0. The summed E-state index contributed by atoms with van der Waals surface area (Å²) in [6, 6.07) is 0. The van der Waals surface area contributed by atoms with E-state index in [4.69, 9.17) is 8.23 Å². The molecule has 58 valence electrons. The van der Waals surface area contributed by atoms with E-state index in [1.54, 1.807) is 0 Å². The van der Waals surface area contributed by atoms with Gasteiger partial charge in [-0.25, -0.2) is 0 Å². The fraction of sp³-hybridized carbons (Fsp3) is 1.00. The van der Waals surface area contributed by atoms with Gasteiger partial charge in [0, 0.05) is 0 Å². The molecule has 0 bridgehead atoms. The molecule has 0 amide bonds. The molecule has 0 radical (unpaired) electrons. The third-order valence-electron chi connectivity index (χ3n) is 0.760. The predicted molar refractivity (Wildman–Crippen MR) is 55.3 cm³/mol. The summed E-state index contributed by atoms with van der Waals surface area (Å²) in [4.78, 5) is 0. The smallest absolute Gasteiger partial charge is 0.156 e. The van der Waals surface area contributed by atoms with Gasteiger partial charge in [0.2, 0.25) is 0 Å². The Kier molecular flexibility index (Phi) is 16.0. The van der Waals surface area contributed by atoms with E-state index in [1.165, 1.54) is 0 Å². The van der Waals surface area contributed by atoms with E-state index in [0.717, 1.165) is 21.0 Å². The highest BCUT2D eigenvalue weighted by atomic mass is 28.3. The third-order valence-corrected chi connectivity index (χ3v) is 6.84. The summed E-state index contributed by atoms with van der Waals surface area (Å²) in [6.45, 7) is 6.48. The van der Waals surface area contributed by atoms with Crippen molar-refractivity contribution >= 4 is 39.8 Å². The lowest BCUT2D eigenvalue weighted by molar-refractivity contribution is 0.647. The highest BCUT2D eigenvalue weighted by molar-refractivity contribution is 6.52. The summed E-state index contributed by atoms with van der Waals surface area (Å²) < 4.78 is 9.85. The first kappa shape index (κ1) is 12.5. The van der Waals surface area contributed by atoms with Gasteiger partial charge >= 0.3 is 0 Å². The third kappa shape index (κ3) is 28.2. The first-order valence-electron chi connectivity index (χ1n) is 3.20. The van der Waals surface area contributed by atoms with Gasteiger partial charge in [-0.3, -0.25) is 0 Å². The molecule has 0 rings (SSSR count). The SMILES string of the molecule is C[SiH2]O[SiH3].C[SiH](C)O[SiH3]. The monoisotopic (exact) mass is 198 g/mol. The van der Waals surface area contributed by atoms with Crippen molar-refractivity contribution in [2.24, 2.45) is 0 Å². The average molecular weight is 199 g/mol. The summed E-state index contributed by atoms with van der Waals surface area (Å²) >= 11 is 0. The fourth-order valence-electron chi connectivity index (χ4n) is 0. The molecule has 0 fully saturated rings. The molecule has 0 aromatic carbocycles. The maximum atomic E-state index is 5.03. The summed E-state index contributed by atoms with van der Waals surface area (Å²) in [6.07, 6.45) is 0. The molecule has 9 heavy (non-hydrogen) atoms. The fourth-order valence-corrected chi connectivity index (χ4v) is 0. The van der Waals surface area contributed by atoms with E-state index >= 15 is 0 Å². The zero-order valence-corrected chi connectivity index (χ0v) is 13.7. The van der Waals surface area contributed by atoms with E-state index in [9.17, 15) is 0 Å². The van der Waals surface area contributed by atoms with Gasteiger partial charge in [-0.1, -0.05) is 6.55 Å². The highest BCUT2D eigenvalue weighted by Gasteiger charge is 1.82. The lowest BCUT2D eigenvalue weighted by atomic mass is 11.9. The lowest BCUT2D eigenvalue weighted by Gasteiger charge is -1.93. The van der Waals surface area contributed by atoms with Crippen molar-refractivity contribution in [3.63, 3.8) is 0 Å². The second kappa shape index (κ2) is 11.6. The Morgan fingerprint density at radius 2 is 1.56 bits per heavy atom. The van der Waals surface area contributed by atoms with Crippen LogP contribution >= 0.6 is 0 Å². The zero-order chi connectivity index (χ0) is 7.70. The minimum absolute atomic E-state index is 0.0139. The van der Waals surface area contributed by atoms with Gasteiger partial charge in [0.25, 0.3) is 0 Å². The number of rotatable bonds is 2. The van der Waals surface area contributed by atoms with Crippen molar-refractivity contribution in [2.45, 2.75) is 19.6 Å². The van der Waals surface area contributed by atoms with Crippen molar-refractivity contribution in [3.05, 3.63) is 0 Å². The topological polar surface area (TPSA) is 18.5 Å². The maximum absolute atomic E-state index is 5.03. The minimum Gasteiger partial charge on any atom is -0.468 e. The summed E-state index contributed by atoms with van der Waals surface area (Å²) in [7, 11) is 1.28. The molecular formula is C3H18O2Si4. The van der Waals surface area contributed by atoms with Crippen LogP contribution in [0.4, 0.5) is 0 Å². The maximum Gasteiger partial charge on any atom is 0.156 e. The van der Waals surface area contributed by atoms with Gasteiger partial charge in [0.15, 0.2) is 9.04 Å². The Bertz CT molecular complexity index is 40.8. The molecule has 0 saturated heterocycles. The Labute approximate surface area is 68.1 Å². The van der Waals surface area contributed by atoms with Crippen molar-refractivity contribution in [3.8, 4) is 0 Å². The van der Waals surface area contributed by atoms with E-state index < -0.39 is 9.04 Å². The Morgan fingerprint density at radius 1 is 1.33 bits per heavy atom. The first-order valence-corrected chi connectivity index (χ1v) is 9.61. The highest BCUT2D eigenvalue weighted by Crippen LogP contribution is 1.72. The molecule has 0 aromatic heterocycles. The molecule has 0 aliphatic carbocycles. The van der Waals surface area contributed by atoms with Crippen LogP contribution in [0.1, 0.15) is 0 Å². The van der Waals surface area contributed by atoms with Gasteiger partial charge < -0.3 is 8.23 Å². The van der Waals surface area contributed by atoms with Crippen LogP contribution in [0.2, 0.25) is 19.6 Å². The summed E-state index contributed by atoms with van der Waals surface area (Å²) in [5.41, 5.74) is 0. The molecule has 0 aromatic rings. The number of hydrogen-bond acceptors (Lipinski definition) is 2. The largest absolute Gasteiger partial charge is 0.468 e. The van der Waals surface area contributed by atoms with Crippen molar-refractivity contribution in [1.82, 2.24) is 0 Å². The van der Waals surface area contributed by atoms with Crippen LogP contribution in [0, 0.1) is 0 Å². The van der Waals surface area contributed by atoms with Crippen LogP contribution in [0.5, 0.6) is 0 Å².